The average Bonchev–Trinajstić information content (AvgIpc) is 2.13. The number of benzene rings is 1. The molecule has 0 aliphatic carbocycles. The second-order valence-corrected chi connectivity index (χ2v) is 13.0. The molecule has 0 N–H and O–H groups in total. The van der Waals surface area contributed by atoms with Gasteiger partial charge in [-0.3, -0.25) is 0 Å². The molecule has 0 saturated heterocycles. The van der Waals surface area contributed by atoms with Crippen molar-refractivity contribution in [3.8, 4) is 5.75 Å². The number of rotatable bonds is 3. The summed E-state index contributed by atoms with van der Waals surface area (Å²) < 4.78 is 5.61. The Morgan fingerprint density at radius 1 is 1.24 bits per heavy atom. The van der Waals surface area contributed by atoms with Gasteiger partial charge in [0, 0.05) is 0 Å². The molecule has 1 aromatic rings. The zero-order valence-electron chi connectivity index (χ0n) is 11.7. The van der Waals surface area contributed by atoms with Crippen molar-refractivity contribution in [1.29, 1.82) is 0 Å². The molecule has 0 radical (unpaired) electrons. The van der Waals surface area contributed by atoms with Crippen molar-refractivity contribution in [3.63, 3.8) is 0 Å². The van der Waals surface area contributed by atoms with Crippen LogP contribution in [0.25, 0.3) is 0 Å². The molecule has 0 atom stereocenters. The summed E-state index contributed by atoms with van der Waals surface area (Å²) in [4.78, 5) is 0. The summed E-state index contributed by atoms with van der Waals surface area (Å²) in [6.07, 6.45) is 0. The highest BCUT2D eigenvalue weighted by Crippen LogP contribution is 2.35. The summed E-state index contributed by atoms with van der Waals surface area (Å²) in [6.45, 7) is 10.9. The third kappa shape index (κ3) is 4.04. The summed E-state index contributed by atoms with van der Waals surface area (Å²) in [6, 6.07) is 7.33. The molecule has 1 rings (SSSR count). The fraction of sp³-hybridized carbons (Fsp3) is 0.571. The Kier molecular flexibility index (Phi) is 4.31. The van der Waals surface area contributed by atoms with Crippen molar-refractivity contribution in [2.45, 2.75) is 45.3 Å². The van der Waals surface area contributed by atoms with Crippen molar-refractivity contribution in [1.82, 2.24) is 0 Å². The Hall–Kier alpha value is -0.473. The van der Waals surface area contributed by atoms with Gasteiger partial charge in [0.1, 0.15) is 5.75 Å². The molecule has 0 bridgehead atoms. The summed E-state index contributed by atoms with van der Waals surface area (Å²) >= 11 is 6.45. The minimum Gasteiger partial charge on any atom is -0.496 e. The fourth-order valence-corrected chi connectivity index (χ4v) is 3.62. The van der Waals surface area contributed by atoms with Gasteiger partial charge in [-0.05, 0) is 22.6 Å². The van der Waals surface area contributed by atoms with Gasteiger partial charge in [-0.25, -0.2) is 0 Å². The van der Waals surface area contributed by atoms with E-state index in [4.69, 9.17) is 15.8 Å². The highest BCUT2D eigenvalue weighted by Gasteiger charge is 2.24. The van der Waals surface area contributed by atoms with Crippen LogP contribution in [-0.2, 0) is 11.5 Å². The molecule has 0 aliphatic heterocycles. The van der Waals surface area contributed by atoms with E-state index in [1.165, 1.54) is 11.1 Å². The summed E-state index contributed by atoms with van der Waals surface area (Å²) in [7, 11) is 0.111. The molecule has 0 heterocycles. The number of methoxy groups -OCH3 is 1. The van der Waals surface area contributed by atoms with E-state index in [1.807, 2.05) is 0 Å². The van der Waals surface area contributed by atoms with Crippen molar-refractivity contribution in [2.24, 2.45) is 0 Å². The number of hydrogen-bond donors (Lipinski definition) is 0. The van der Waals surface area contributed by atoms with E-state index in [0.29, 0.717) is 0 Å². The van der Waals surface area contributed by atoms with E-state index in [2.05, 4.69) is 52.1 Å². The lowest BCUT2D eigenvalue weighted by Gasteiger charge is -2.25. The minimum atomic E-state index is -1.64. The van der Waals surface area contributed by atoms with E-state index in [9.17, 15) is 0 Å². The van der Waals surface area contributed by atoms with Gasteiger partial charge < -0.3 is 4.74 Å². The molecule has 17 heavy (non-hydrogen) atoms. The normalized spacial score (nSPS) is 12.6. The zero-order valence-corrected chi connectivity index (χ0v) is 13.5. The maximum Gasteiger partial charge on any atom is 0.154 e. The third-order valence-corrected chi connectivity index (χ3v) is 4.34. The first kappa shape index (κ1) is 14.6. The molecule has 0 fully saturated rings. The average molecular weight is 271 g/mol. The highest BCUT2D eigenvalue weighted by atomic mass is 35.6. The van der Waals surface area contributed by atoms with E-state index in [-0.39, 0.29) is 5.41 Å². The molecule has 0 amide bonds. The van der Waals surface area contributed by atoms with Crippen LogP contribution in [-0.4, -0.2) is 14.5 Å². The zero-order chi connectivity index (χ0) is 13.3. The van der Waals surface area contributed by atoms with Crippen LogP contribution in [0.2, 0.25) is 13.1 Å². The molecular formula is C14H23ClOSi. The highest BCUT2D eigenvalue weighted by molar-refractivity contribution is 7.18. The Morgan fingerprint density at radius 2 is 1.82 bits per heavy atom. The second kappa shape index (κ2) is 5.03. The largest absolute Gasteiger partial charge is 0.496 e. The number of ether oxygens (including phenoxy) is 1. The van der Waals surface area contributed by atoms with Gasteiger partial charge in [0.2, 0.25) is 0 Å². The van der Waals surface area contributed by atoms with E-state index in [1.54, 1.807) is 7.11 Å². The fourth-order valence-electron chi connectivity index (χ4n) is 2.01. The maximum atomic E-state index is 6.45. The van der Waals surface area contributed by atoms with Crippen LogP contribution < -0.4 is 4.74 Å². The molecule has 0 saturated carbocycles. The maximum absolute atomic E-state index is 6.45. The van der Waals surface area contributed by atoms with Gasteiger partial charge in [-0.2, -0.15) is 11.1 Å². The quantitative estimate of drug-likeness (QED) is 0.580. The number of halogens is 1. The molecule has 1 nitrogen and oxygen atoms in total. The first-order valence-corrected chi connectivity index (χ1v) is 10.2. The van der Waals surface area contributed by atoms with Gasteiger partial charge in [0.15, 0.2) is 7.38 Å². The van der Waals surface area contributed by atoms with Crippen molar-refractivity contribution < 1.29 is 4.74 Å². The Balaban J connectivity index is 3.24. The minimum absolute atomic E-state index is 0.0966. The summed E-state index contributed by atoms with van der Waals surface area (Å²) in [5.74, 6) is 1.02. The molecule has 96 valence electrons. The van der Waals surface area contributed by atoms with Crippen LogP contribution in [0.3, 0.4) is 0 Å². The monoisotopic (exact) mass is 270 g/mol. The Bertz CT molecular complexity index is 388. The topological polar surface area (TPSA) is 9.23 Å². The predicted molar refractivity (Wildman–Crippen MR) is 78.7 cm³/mol. The lowest BCUT2D eigenvalue weighted by molar-refractivity contribution is 0.394. The molecule has 3 heteroatoms. The van der Waals surface area contributed by atoms with E-state index < -0.39 is 7.38 Å². The van der Waals surface area contributed by atoms with Crippen molar-refractivity contribution in [2.75, 3.05) is 7.11 Å². The van der Waals surface area contributed by atoms with Gasteiger partial charge in [0.25, 0.3) is 0 Å². The van der Waals surface area contributed by atoms with Gasteiger partial charge in [-0.1, -0.05) is 52.1 Å². The van der Waals surface area contributed by atoms with Crippen LogP contribution in [0.4, 0.5) is 0 Å². The molecule has 1 aromatic carbocycles. The summed E-state index contributed by atoms with van der Waals surface area (Å²) in [5, 5.41) is 0. The van der Waals surface area contributed by atoms with E-state index in [0.717, 1.165) is 11.8 Å². The first-order valence-electron chi connectivity index (χ1n) is 6.00. The molecule has 0 unspecified atom stereocenters. The van der Waals surface area contributed by atoms with Crippen LogP contribution in [0.1, 0.15) is 31.9 Å². The van der Waals surface area contributed by atoms with Crippen LogP contribution >= 0.6 is 11.1 Å². The summed E-state index contributed by atoms with van der Waals surface area (Å²) in [5.41, 5.74) is 2.60. The van der Waals surface area contributed by atoms with Crippen molar-refractivity contribution in [3.05, 3.63) is 29.3 Å². The number of hydrogen-bond acceptors (Lipinski definition) is 1. The third-order valence-electron chi connectivity index (χ3n) is 2.72. The number of para-hydroxylation sites is 1. The van der Waals surface area contributed by atoms with Crippen LogP contribution in [0.15, 0.2) is 18.2 Å². The Labute approximate surface area is 111 Å². The molecule has 0 aromatic heterocycles. The van der Waals surface area contributed by atoms with Gasteiger partial charge >= 0.3 is 0 Å². The molecular weight excluding hydrogens is 248 g/mol. The lowest BCUT2D eigenvalue weighted by atomic mass is 9.85. The SMILES string of the molecule is COc1c(C[Si](C)(C)Cl)cccc1C(C)(C)C. The second-order valence-electron chi connectivity index (χ2n) is 6.14. The Morgan fingerprint density at radius 3 is 2.24 bits per heavy atom. The molecule has 0 spiro atoms. The van der Waals surface area contributed by atoms with Gasteiger partial charge in [-0.15, -0.1) is 0 Å². The first-order chi connectivity index (χ1) is 7.65. The smallest absolute Gasteiger partial charge is 0.154 e. The van der Waals surface area contributed by atoms with Crippen LogP contribution in [0.5, 0.6) is 5.75 Å². The van der Waals surface area contributed by atoms with Crippen LogP contribution in [0, 0.1) is 0 Å². The molecule has 0 aliphatic rings. The van der Waals surface area contributed by atoms with E-state index >= 15 is 0 Å². The predicted octanol–water partition coefficient (Wildman–Crippen LogP) is 4.52. The standard InChI is InChI=1S/C14H23ClOSi/c1-14(2,3)12-9-7-8-11(13(12)16-4)10-17(5,6)15/h7-9H,10H2,1-6H3. The van der Waals surface area contributed by atoms with Gasteiger partial charge in [0.05, 0.1) is 7.11 Å². The van der Waals surface area contributed by atoms with Crippen molar-refractivity contribution >= 4 is 18.5 Å². The lowest BCUT2D eigenvalue weighted by Crippen LogP contribution is -2.22.